The molecule has 2 aromatic heterocycles. The molecule has 2 aromatic rings. The topological polar surface area (TPSA) is 50.6 Å². The fraction of sp³-hybridized carbons (Fsp3) is 0.412. The smallest absolute Gasteiger partial charge is 0.272 e. The van der Waals surface area contributed by atoms with Crippen LogP contribution in [0.4, 0.5) is 0 Å². The molecule has 6 heteroatoms. The Morgan fingerprint density at radius 2 is 2.04 bits per heavy atom. The molecule has 2 aliphatic heterocycles. The van der Waals surface area contributed by atoms with Gasteiger partial charge in [-0.25, -0.2) is 4.98 Å². The fourth-order valence-electron chi connectivity index (χ4n) is 3.83. The molecule has 6 nitrogen and oxygen atoms in total. The quantitative estimate of drug-likeness (QED) is 0.842. The first-order chi connectivity index (χ1) is 11.1. The lowest BCUT2D eigenvalue weighted by atomic mass is 9.96. The molecule has 4 heterocycles. The van der Waals surface area contributed by atoms with E-state index in [2.05, 4.69) is 21.5 Å². The van der Waals surface area contributed by atoms with Crippen LogP contribution in [-0.2, 0) is 12.2 Å². The molecule has 120 valence electrons. The van der Waals surface area contributed by atoms with Crippen LogP contribution < -0.4 is 4.74 Å². The van der Waals surface area contributed by atoms with E-state index < -0.39 is 5.66 Å². The van der Waals surface area contributed by atoms with Crippen molar-refractivity contribution < 1.29 is 9.53 Å². The lowest BCUT2D eigenvalue weighted by Crippen LogP contribution is -2.58. The molecule has 23 heavy (non-hydrogen) atoms. The van der Waals surface area contributed by atoms with Crippen LogP contribution in [0.25, 0.3) is 0 Å². The standard InChI is InChI=1S/C17H20N4O2/c1-12-4-6-14-16(22)21-9-8-19(2)17(21,11-20(12)14)13-5-7-15(23-3)18-10-13/h4-7,10H,8-9,11H2,1-3H3. The van der Waals surface area contributed by atoms with Gasteiger partial charge < -0.3 is 14.2 Å². The Morgan fingerprint density at radius 3 is 2.74 bits per heavy atom. The molecular weight excluding hydrogens is 292 g/mol. The summed E-state index contributed by atoms with van der Waals surface area (Å²) in [5.74, 6) is 0.668. The molecule has 1 unspecified atom stereocenters. The third kappa shape index (κ3) is 1.78. The van der Waals surface area contributed by atoms with E-state index in [-0.39, 0.29) is 5.91 Å². The highest BCUT2D eigenvalue weighted by molar-refractivity contribution is 5.94. The maximum Gasteiger partial charge on any atom is 0.272 e. The highest BCUT2D eigenvalue weighted by atomic mass is 16.5. The summed E-state index contributed by atoms with van der Waals surface area (Å²) >= 11 is 0. The van der Waals surface area contributed by atoms with Gasteiger partial charge in [-0.05, 0) is 32.2 Å². The zero-order valence-electron chi connectivity index (χ0n) is 13.6. The number of amides is 1. The van der Waals surface area contributed by atoms with Crippen molar-refractivity contribution in [3.8, 4) is 5.88 Å². The molecule has 2 aliphatic rings. The van der Waals surface area contributed by atoms with E-state index in [1.807, 2.05) is 42.3 Å². The highest BCUT2D eigenvalue weighted by Crippen LogP contribution is 2.42. The number of carbonyl (C=O) groups is 1. The summed E-state index contributed by atoms with van der Waals surface area (Å²) in [6.07, 6.45) is 1.82. The molecule has 1 amide bonds. The van der Waals surface area contributed by atoms with Crippen molar-refractivity contribution in [2.75, 3.05) is 27.2 Å². The Balaban J connectivity index is 1.89. The fourth-order valence-corrected chi connectivity index (χ4v) is 3.83. The van der Waals surface area contributed by atoms with Gasteiger partial charge in [0.05, 0.1) is 13.7 Å². The van der Waals surface area contributed by atoms with Gasteiger partial charge in [0.25, 0.3) is 5.91 Å². The van der Waals surface area contributed by atoms with Gasteiger partial charge in [-0.2, -0.15) is 0 Å². The predicted octanol–water partition coefficient (Wildman–Crippen LogP) is 1.45. The number of hydrogen-bond acceptors (Lipinski definition) is 4. The van der Waals surface area contributed by atoms with Crippen molar-refractivity contribution in [1.82, 2.24) is 19.4 Å². The molecule has 0 saturated carbocycles. The van der Waals surface area contributed by atoms with Gasteiger partial charge >= 0.3 is 0 Å². The predicted molar refractivity (Wildman–Crippen MR) is 85.3 cm³/mol. The first-order valence-corrected chi connectivity index (χ1v) is 7.78. The van der Waals surface area contributed by atoms with Gasteiger partial charge in [-0.1, -0.05) is 0 Å². The zero-order chi connectivity index (χ0) is 16.2. The zero-order valence-corrected chi connectivity index (χ0v) is 13.6. The number of hydrogen-bond donors (Lipinski definition) is 0. The maximum atomic E-state index is 13.0. The molecule has 1 fully saturated rings. The second-order valence-corrected chi connectivity index (χ2v) is 6.23. The molecule has 4 rings (SSSR count). The Morgan fingerprint density at radius 1 is 1.22 bits per heavy atom. The summed E-state index contributed by atoms with van der Waals surface area (Å²) in [6, 6.07) is 7.80. The van der Waals surface area contributed by atoms with Crippen LogP contribution >= 0.6 is 0 Å². The van der Waals surface area contributed by atoms with Crippen LogP contribution in [0.3, 0.4) is 0 Å². The van der Waals surface area contributed by atoms with Crippen molar-refractivity contribution in [2.24, 2.45) is 0 Å². The lowest BCUT2D eigenvalue weighted by Gasteiger charge is -2.46. The Kier molecular flexibility index (Phi) is 2.99. The van der Waals surface area contributed by atoms with Gasteiger partial charge in [-0.15, -0.1) is 0 Å². The number of ether oxygens (including phenoxy) is 1. The van der Waals surface area contributed by atoms with Gasteiger partial charge in [0.15, 0.2) is 0 Å². The van der Waals surface area contributed by atoms with Crippen LogP contribution in [0.5, 0.6) is 5.88 Å². The molecule has 0 aromatic carbocycles. The second-order valence-electron chi connectivity index (χ2n) is 6.23. The summed E-state index contributed by atoms with van der Waals surface area (Å²) in [7, 11) is 3.68. The first-order valence-electron chi connectivity index (χ1n) is 7.78. The molecule has 0 N–H and O–H groups in total. The number of rotatable bonds is 2. The van der Waals surface area contributed by atoms with Crippen molar-refractivity contribution in [1.29, 1.82) is 0 Å². The van der Waals surface area contributed by atoms with Crippen LogP contribution in [0, 0.1) is 6.92 Å². The minimum atomic E-state index is -0.479. The largest absolute Gasteiger partial charge is 0.481 e. The number of carbonyl (C=O) groups excluding carboxylic acids is 1. The molecule has 1 saturated heterocycles. The minimum absolute atomic E-state index is 0.0875. The maximum absolute atomic E-state index is 13.0. The number of likely N-dealkylation sites (N-methyl/N-ethyl adjacent to an activating group) is 1. The third-order valence-corrected chi connectivity index (χ3v) is 5.19. The summed E-state index contributed by atoms with van der Waals surface area (Å²) < 4.78 is 7.28. The minimum Gasteiger partial charge on any atom is -0.481 e. The van der Waals surface area contributed by atoms with E-state index in [0.717, 1.165) is 36.6 Å². The van der Waals surface area contributed by atoms with Gasteiger partial charge in [0, 0.05) is 36.6 Å². The van der Waals surface area contributed by atoms with E-state index >= 15 is 0 Å². The number of aryl methyl sites for hydroxylation is 1. The van der Waals surface area contributed by atoms with Crippen LogP contribution in [0.1, 0.15) is 21.7 Å². The number of aromatic nitrogens is 2. The summed E-state index contributed by atoms with van der Waals surface area (Å²) in [5, 5.41) is 0. The van der Waals surface area contributed by atoms with E-state index in [0.29, 0.717) is 5.88 Å². The molecule has 1 atom stereocenters. The van der Waals surface area contributed by atoms with Crippen LogP contribution in [-0.4, -0.2) is 52.5 Å². The van der Waals surface area contributed by atoms with Crippen molar-refractivity contribution in [3.63, 3.8) is 0 Å². The molecular formula is C17H20N4O2. The van der Waals surface area contributed by atoms with Gasteiger partial charge in [0.1, 0.15) is 11.4 Å². The van der Waals surface area contributed by atoms with Crippen LogP contribution in [0.15, 0.2) is 30.5 Å². The van der Waals surface area contributed by atoms with Crippen molar-refractivity contribution >= 4 is 5.91 Å². The SMILES string of the molecule is COc1ccc(C23Cn4c(C)ccc4C(=O)N2CCN3C)cn1. The Hall–Kier alpha value is -2.34. The van der Waals surface area contributed by atoms with E-state index in [1.54, 1.807) is 7.11 Å². The highest BCUT2D eigenvalue weighted by Gasteiger charge is 2.53. The van der Waals surface area contributed by atoms with Gasteiger partial charge in [0.2, 0.25) is 5.88 Å². The lowest BCUT2D eigenvalue weighted by molar-refractivity contribution is -0.00191. The normalized spacial score (nSPS) is 23.8. The van der Waals surface area contributed by atoms with E-state index in [9.17, 15) is 4.79 Å². The summed E-state index contributed by atoms with van der Waals surface area (Å²) in [6.45, 7) is 4.34. The first kappa shape index (κ1) is 14.3. The monoisotopic (exact) mass is 312 g/mol. The number of nitrogens with zero attached hydrogens (tertiary/aromatic N) is 4. The third-order valence-electron chi connectivity index (χ3n) is 5.19. The van der Waals surface area contributed by atoms with Crippen molar-refractivity contribution in [2.45, 2.75) is 19.1 Å². The Labute approximate surface area is 135 Å². The number of fused-ring (bicyclic) bond motifs is 2. The Bertz CT molecular complexity index is 767. The second kappa shape index (κ2) is 4.83. The molecule has 0 radical (unpaired) electrons. The van der Waals surface area contributed by atoms with Crippen molar-refractivity contribution in [3.05, 3.63) is 47.4 Å². The van der Waals surface area contributed by atoms with Crippen LogP contribution in [0.2, 0.25) is 0 Å². The molecule has 0 aliphatic carbocycles. The van der Waals surface area contributed by atoms with E-state index in [1.165, 1.54) is 0 Å². The number of pyridine rings is 1. The van der Waals surface area contributed by atoms with E-state index in [4.69, 9.17) is 4.74 Å². The number of methoxy groups -OCH3 is 1. The molecule has 0 bridgehead atoms. The summed E-state index contributed by atoms with van der Waals surface area (Å²) in [5.41, 5.74) is 2.42. The van der Waals surface area contributed by atoms with Gasteiger partial charge in [-0.3, -0.25) is 9.69 Å². The summed E-state index contributed by atoms with van der Waals surface area (Å²) in [4.78, 5) is 21.6. The average Bonchev–Trinajstić information content (AvgIpc) is 3.10. The molecule has 0 spiro atoms. The average molecular weight is 312 g/mol.